The summed E-state index contributed by atoms with van der Waals surface area (Å²) in [5, 5.41) is 0.665. The molecule has 0 fully saturated rings. The van der Waals surface area contributed by atoms with Crippen molar-refractivity contribution in [3.63, 3.8) is 0 Å². The van der Waals surface area contributed by atoms with Gasteiger partial charge in [0.15, 0.2) is 11.5 Å². The Morgan fingerprint density at radius 3 is 2.57 bits per heavy atom. The van der Waals surface area contributed by atoms with E-state index in [4.69, 9.17) is 25.8 Å². The molecule has 2 aliphatic heterocycles. The molecule has 1 amide bonds. The molecule has 5 rings (SSSR count). The summed E-state index contributed by atoms with van der Waals surface area (Å²) in [5.74, 6) is 0.195. The van der Waals surface area contributed by atoms with Crippen molar-refractivity contribution in [2.75, 3.05) is 18.6 Å². The highest BCUT2D eigenvalue weighted by molar-refractivity contribution is 6.30. The maximum atomic E-state index is 13.3. The minimum atomic E-state index is -0.423. The second-order valence-corrected chi connectivity index (χ2v) is 9.02. The highest BCUT2D eigenvalue weighted by Crippen LogP contribution is 2.43. The van der Waals surface area contributed by atoms with Gasteiger partial charge < -0.3 is 14.2 Å². The predicted octanol–water partition coefficient (Wildman–Crippen LogP) is 5.57. The van der Waals surface area contributed by atoms with E-state index in [0.717, 1.165) is 22.4 Å². The van der Waals surface area contributed by atoms with Crippen LogP contribution in [0, 0.1) is 6.92 Å². The van der Waals surface area contributed by atoms with Crippen LogP contribution < -0.4 is 14.4 Å². The van der Waals surface area contributed by atoms with Crippen molar-refractivity contribution in [1.29, 1.82) is 0 Å². The van der Waals surface area contributed by atoms with E-state index >= 15 is 0 Å². The highest BCUT2D eigenvalue weighted by atomic mass is 35.5. The first-order chi connectivity index (χ1) is 16.9. The number of cyclic esters (lactones) is 1. The minimum Gasteiger partial charge on any atom is -0.493 e. The molecular weight excluding hydrogens is 466 g/mol. The Balaban J connectivity index is 1.45. The molecule has 0 N–H and O–H groups in total. The average molecular weight is 490 g/mol. The number of esters is 1. The maximum absolute atomic E-state index is 13.3. The van der Waals surface area contributed by atoms with Gasteiger partial charge in [0.1, 0.15) is 13.2 Å². The lowest BCUT2D eigenvalue weighted by Crippen LogP contribution is -2.37. The van der Waals surface area contributed by atoms with Crippen molar-refractivity contribution < 1.29 is 23.8 Å². The van der Waals surface area contributed by atoms with Crippen molar-refractivity contribution in [2.24, 2.45) is 0 Å². The van der Waals surface area contributed by atoms with Crippen LogP contribution >= 0.6 is 11.6 Å². The number of methoxy groups -OCH3 is 1. The maximum Gasteiger partial charge on any atom is 0.336 e. The molecule has 2 aliphatic rings. The molecule has 2 heterocycles. The molecule has 0 bridgehead atoms. The molecule has 0 aliphatic carbocycles. The normalized spacial score (nSPS) is 17.3. The number of amides is 1. The Hall–Kier alpha value is -3.77. The van der Waals surface area contributed by atoms with Gasteiger partial charge in [-0.1, -0.05) is 41.9 Å². The molecule has 3 aromatic carbocycles. The smallest absolute Gasteiger partial charge is 0.336 e. The fraction of sp³-hybridized carbons (Fsp3) is 0.214. The fourth-order valence-electron chi connectivity index (χ4n) is 4.57. The summed E-state index contributed by atoms with van der Waals surface area (Å²) < 4.78 is 16.9. The van der Waals surface area contributed by atoms with Gasteiger partial charge in [-0.2, -0.15) is 0 Å². The Morgan fingerprint density at radius 1 is 1.03 bits per heavy atom. The van der Waals surface area contributed by atoms with Gasteiger partial charge in [0, 0.05) is 23.0 Å². The van der Waals surface area contributed by atoms with Crippen LogP contribution in [0.25, 0.3) is 0 Å². The quantitative estimate of drug-likeness (QED) is 0.424. The number of nitrogens with zero attached hydrogens (tertiary/aromatic N) is 1. The first-order valence-corrected chi connectivity index (χ1v) is 11.7. The van der Waals surface area contributed by atoms with Gasteiger partial charge in [0.25, 0.3) is 0 Å². The first kappa shape index (κ1) is 23.0. The number of ether oxygens (including phenoxy) is 3. The summed E-state index contributed by atoms with van der Waals surface area (Å²) in [6, 6.07) is 20.6. The monoisotopic (exact) mass is 489 g/mol. The third kappa shape index (κ3) is 4.49. The predicted molar refractivity (Wildman–Crippen MR) is 133 cm³/mol. The Morgan fingerprint density at radius 2 is 1.83 bits per heavy atom. The molecule has 7 heteroatoms. The van der Waals surface area contributed by atoms with E-state index in [1.165, 1.54) is 0 Å². The molecule has 0 spiro atoms. The van der Waals surface area contributed by atoms with E-state index in [0.29, 0.717) is 34.4 Å². The van der Waals surface area contributed by atoms with Gasteiger partial charge in [0.05, 0.1) is 18.4 Å². The zero-order valence-corrected chi connectivity index (χ0v) is 20.2. The zero-order chi connectivity index (χ0) is 24.5. The molecule has 1 atom stereocenters. The number of hydrogen-bond acceptors (Lipinski definition) is 5. The van der Waals surface area contributed by atoms with E-state index in [1.54, 1.807) is 12.0 Å². The number of aryl methyl sites for hydroxylation is 1. The Bertz CT molecular complexity index is 1330. The van der Waals surface area contributed by atoms with Crippen LogP contribution in [-0.2, 0) is 20.9 Å². The van der Waals surface area contributed by atoms with Crippen molar-refractivity contribution in [3.8, 4) is 11.5 Å². The topological polar surface area (TPSA) is 65.1 Å². The standard InChI is InChI=1S/C28H24ClNO5/c1-17-4-3-5-21(12-17)30-23-16-35-28(32)27(23)22(14-26(30)31)19-8-11-24(25(13-19)33-2)34-15-18-6-9-20(29)10-7-18/h3-13,22H,14-16H2,1-2H3. The zero-order valence-electron chi connectivity index (χ0n) is 19.4. The third-order valence-electron chi connectivity index (χ3n) is 6.27. The molecule has 0 aromatic heterocycles. The number of rotatable bonds is 6. The van der Waals surface area contributed by atoms with E-state index in [9.17, 15) is 9.59 Å². The molecular formula is C28H24ClNO5. The summed E-state index contributed by atoms with van der Waals surface area (Å²) >= 11 is 5.95. The number of hydrogen-bond donors (Lipinski definition) is 0. The molecule has 3 aromatic rings. The second-order valence-electron chi connectivity index (χ2n) is 8.59. The highest BCUT2D eigenvalue weighted by Gasteiger charge is 2.43. The summed E-state index contributed by atoms with van der Waals surface area (Å²) in [6.07, 6.45) is 0.149. The van der Waals surface area contributed by atoms with Crippen LogP contribution in [0.4, 0.5) is 5.69 Å². The molecule has 0 radical (unpaired) electrons. The van der Waals surface area contributed by atoms with Crippen LogP contribution in [0.5, 0.6) is 11.5 Å². The van der Waals surface area contributed by atoms with Crippen LogP contribution in [0.1, 0.15) is 29.0 Å². The van der Waals surface area contributed by atoms with Gasteiger partial charge in [0.2, 0.25) is 5.91 Å². The Labute approximate surface area is 208 Å². The lowest BCUT2D eigenvalue weighted by Gasteiger charge is -2.32. The number of halogens is 1. The third-order valence-corrected chi connectivity index (χ3v) is 6.53. The van der Waals surface area contributed by atoms with Crippen molar-refractivity contribution >= 4 is 29.2 Å². The largest absolute Gasteiger partial charge is 0.493 e. The van der Waals surface area contributed by atoms with Gasteiger partial charge >= 0.3 is 5.97 Å². The minimum absolute atomic E-state index is 0.0732. The number of benzene rings is 3. The average Bonchev–Trinajstić information content (AvgIpc) is 3.24. The van der Waals surface area contributed by atoms with Crippen molar-refractivity contribution in [3.05, 3.63) is 99.7 Å². The first-order valence-electron chi connectivity index (χ1n) is 11.3. The van der Waals surface area contributed by atoms with Gasteiger partial charge in [-0.15, -0.1) is 0 Å². The number of anilines is 1. The molecule has 0 saturated heterocycles. The van der Waals surface area contributed by atoms with E-state index < -0.39 is 11.9 Å². The summed E-state index contributed by atoms with van der Waals surface area (Å²) in [6.45, 7) is 2.39. The molecule has 6 nitrogen and oxygen atoms in total. The summed E-state index contributed by atoms with van der Waals surface area (Å²) in [4.78, 5) is 27.7. The van der Waals surface area contributed by atoms with E-state index in [2.05, 4.69) is 0 Å². The Kier molecular flexibility index (Phi) is 6.22. The van der Waals surface area contributed by atoms with Crippen molar-refractivity contribution in [2.45, 2.75) is 25.9 Å². The second kappa shape index (κ2) is 9.47. The van der Waals surface area contributed by atoms with E-state index in [1.807, 2.05) is 73.7 Å². The molecule has 0 saturated carbocycles. The van der Waals surface area contributed by atoms with Gasteiger partial charge in [-0.3, -0.25) is 9.69 Å². The lowest BCUT2D eigenvalue weighted by molar-refractivity contribution is -0.136. The summed E-state index contributed by atoms with van der Waals surface area (Å²) in [7, 11) is 1.56. The fourth-order valence-corrected chi connectivity index (χ4v) is 4.69. The lowest BCUT2D eigenvalue weighted by atomic mass is 9.84. The molecule has 178 valence electrons. The van der Waals surface area contributed by atoms with Gasteiger partial charge in [-0.05, 0) is 60.0 Å². The van der Waals surface area contributed by atoms with Crippen LogP contribution in [-0.4, -0.2) is 25.6 Å². The van der Waals surface area contributed by atoms with Crippen LogP contribution in [0.3, 0.4) is 0 Å². The van der Waals surface area contributed by atoms with Crippen molar-refractivity contribution in [1.82, 2.24) is 0 Å². The molecule has 35 heavy (non-hydrogen) atoms. The van der Waals surface area contributed by atoms with E-state index in [-0.39, 0.29) is 18.9 Å². The number of carbonyl (C=O) groups excluding carboxylic acids is 2. The molecule has 1 unspecified atom stereocenters. The number of carbonyl (C=O) groups is 2. The SMILES string of the molecule is COc1cc(C2CC(=O)N(c3cccc(C)c3)C3=C2C(=O)OC3)ccc1OCc1ccc(Cl)cc1. The van der Waals surface area contributed by atoms with Crippen LogP contribution in [0.2, 0.25) is 5.02 Å². The van der Waals surface area contributed by atoms with Gasteiger partial charge in [-0.25, -0.2) is 4.79 Å². The summed E-state index contributed by atoms with van der Waals surface area (Å²) in [5.41, 5.74) is 4.65. The van der Waals surface area contributed by atoms with Crippen LogP contribution in [0.15, 0.2) is 78.0 Å².